The topological polar surface area (TPSA) is 491 Å². The quantitative estimate of drug-likeness (QED) is 0.0321. The fourth-order valence-electron chi connectivity index (χ4n) is 9.19. The molecule has 12 atom stereocenters. The Morgan fingerprint density at radius 1 is 0.553 bits per heavy atom. The number of aliphatic hydroxyl groups is 2. The number of rotatable bonds is 30. The standard InChI is InChI=1S/C56H98N16O13/c1-6-7-8-9-13-16-44(75)63-37(19-25-57)52(81)72-46(34(5)74)56(85)69-40(22-28-60)49(78)68-42-24-30-62-55(84)45(33(4)73)71-53(82)41(23-29-61)67-48(77)38(20-26-58)65-47(76)36(18-17-35-14-11-10-12-15-35)64-54(83)43(31-32(2)3)70-50(79)39(21-27-59)66-51(42)80/h10-12,14-15,32-34,36-43,45-46,73-74H,6-9,13,16-31,57-61H2,1-5H3,(H,62,84)(H,63,75)(H,64,83)(H,65,76)(H,66,80)(H,67,77)(H,68,78)(H,69,85)(H,70,79)(H,71,82)(H,72,81)/t33-,34+,36?,37+,38+,39-,40+,41+,42+,43-,45+,46+/m1/s1. The summed E-state index contributed by atoms with van der Waals surface area (Å²) in [5.74, 6) is -9.89. The predicted octanol–water partition coefficient (Wildman–Crippen LogP) is -5.10. The molecule has 0 radical (unpaired) electrons. The third kappa shape index (κ3) is 27.4. The van der Waals surface area contributed by atoms with Crippen LogP contribution >= 0.6 is 0 Å². The molecule has 2 rings (SSSR count). The van der Waals surface area contributed by atoms with E-state index in [4.69, 9.17) is 28.7 Å². The first-order valence-electron chi connectivity index (χ1n) is 29.7. The summed E-state index contributed by atoms with van der Waals surface area (Å²) in [7, 11) is 0. The lowest BCUT2D eigenvalue weighted by atomic mass is 10.00. The van der Waals surface area contributed by atoms with Gasteiger partial charge in [0.25, 0.3) is 0 Å². The number of aryl methyl sites for hydroxylation is 1. The number of unbranched alkanes of at least 4 members (excludes halogenated alkanes) is 4. The number of nitrogens with two attached hydrogens (primary N) is 5. The van der Waals surface area contributed by atoms with E-state index in [2.05, 4.69) is 65.4 Å². The first-order valence-corrected chi connectivity index (χ1v) is 29.7. The average molecular weight is 1200 g/mol. The van der Waals surface area contributed by atoms with Crippen molar-refractivity contribution in [3.05, 3.63) is 35.9 Å². The number of aliphatic hydroxyl groups excluding tert-OH is 2. The van der Waals surface area contributed by atoms with Crippen LogP contribution < -0.4 is 87.2 Å². The van der Waals surface area contributed by atoms with Gasteiger partial charge in [-0.3, -0.25) is 52.7 Å². The van der Waals surface area contributed by atoms with E-state index in [9.17, 15) is 63.0 Å². The van der Waals surface area contributed by atoms with Gasteiger partial charge in [-0.25, -0.2) is 0 Å². The van der Waals surface area contributed by atoms with Gasteiger partial charge in [0.1, 0.15) is 60.4 Å². The number of carbonyl (C=O) groups is 11. The van der Waals surface area contributed by atoms with Gasteiger partial charge < -0.3 is 97.4 Å². The maximum atomic E-state index is 14.5. The summed E-state index contributed by atoms with van der Waals surface area (Å²) in [6.45, 7) is 6.89. The smallest absolute Gasteiger partial charge is 0.245 e. The summed E-state index contributed by atoms with van der Waals surface area (Å²) in [5, 5.41) is 49.7. The van der Waals surface area contributed by atoms with Crippen LogP contribution in [0.1, 0.15) is 130 Å². The van der Waals surface area contributed by atoms with E-state index >= 15 is 0 Å². The van der Waals surface area contributed by atoms with E-state index < -0.39 is 151 Å². The SMILES string of the molecule is CCCCCCCC(=O)N[C@@H](CCN)C(=O)N[C@H](C(=O)N[C@@H](CCN)C(=O)N[C@H]1CCNC(=O)[C@H]([C@@H](C)O)NC(=O)[C@H](CCN)NC(=O)[C@H](CCN)NC(=O)C(CCc2ccccc2)NC(=O)[C@@H](CC(C)C)NC(=O)[C@@H](CCN)NC1=O)[C@H](C)O. The van der Waals surface area contributed by atoms with Crippen molar-refractivity contribution >= 4 is 65.0 Å². The number of benzene rings is 1. The fraction of sp³-hybridized carbons (Fsp3) is 0.696. The maximum absolute atomic E-state index is 14.5. The van der Waals surface area contributed by atoms with Crippen molar-refractivity contribution in [2.45, 2.75) is 204 Å². The number of hydrogen-bond acceptors (Lipinski definition) is 18. The maximum Gasteiger partial charge on any atom is 0.245 e. The lowest BCUT2D eigenvalue weighted by molar-refractivity contribution is -0.137. The molecule has 85 heavy (non-hydrogen) atoms. The Kier molecular flexibility index (Phi) is 35.3. The summed E-state index contributed by atoms with van der Waals surface area (Å²) in [6, 6.07) is -5.66. The molecule has 1 aromatic carbocycles. The van der Waals surface area contributed by atoms with Crippen molar-refractivity contribution in [3.8, 4) is 0 Å². The number of amides is 11. The molecule has 1 fully saturated rings. The van der Waals surface area contributed by atoms with Crippen molar-refractivity contribution in [3.63, 3.8) is 0 Å². The van der Waals surface area contributed by atoms with Gasteiger partial charge in [0, 0.05) is 13.0 Å². The molecule has 480 valence electrons. The van der Waals surface area contributed by atoms with Crippen LogP contribution in [0.4, 0.5) is 0 Å². The zero-order valence-corrected chi connectivity index (χ0v) is 50.0. The summed E-state index contributed by atoms with van der Waals surface area (Å²) in [6.07, 6.45) is 0.433. The summed E-state index contributed by atoms with van der Waals surface area (Å²) < 4.78 is 0. The molecular formula is C56H98N16O13. The van der Waals surface area contributed by atoms with Gasteiger partial charge in [0.2, 0.25) is 65.0 Å². The van der Waals surface area contributed by atoms with Crippen LogP contribution in [-0.4, -0.2) is 187 Å². The van der Waals surface area contributed by atoms with E-state index in [0.717, 1.165) is 31.2 Å². The van der Waals surface area contributed by atoms with E-state index in [-0.39, 0.29) is 96.4 Å². The van der Waals surface area contributed by atoms with Gasteiger partial charge in [-0.1, -0.05) is 76.8 Å². The molecule has 29 heteroatoms. The predicted molar refractivity (Wildman–Crippen MR) is 316 cm³/mol. The van der Waals surface area contributed by atoms with Gasteiger partial charge in [0.05, 0.1) is 12.2 Å². The van der Waals surface area contributed by atoms with Crippen LogP contribution in [0.25, 0.3) is 0 Å². The Morgan fingerprint density at radius 3 is 1.53 bits per heavy atom. The minimum absolute atomic E-state index is 0.00429. The highest BCUT2D eigenvalue weighted by atomic mass is 16.3. The number of hydrogen-bond donors (Lipinski definition) is 18. The van der Waals surface area contributed by atoms with E-state index in [1.165, 1.54) is 13.8 Å². The van der Waals surface area contributed by atoms with Crippen LogP contribution in [0, 0.1) is 5.92 Å². The minimum atomic E-state index is -1.69. The van der Waals surface area contributed by atoms with Gasteiger partial charge >= 0.3 is 0 Å². The third-order valence-electron chi connectivity index (χ3n) is 14.0. The Hall–Kier alpha value is -6.89. The Labute approximate surface area is 498 Å². The molecule has 1 aliphatic rings. The summed E-state index contributed by atoms with van der Waals surface area (Å²) >= 11 is 0. The highest BCUT2D eigenvalue weighted by Gasteiger charge is 2.37. The molecule has 0 aliphatic carbocycles. The van der Waals surface area contributed by atoms with Crippen LogP contribution in [0.5, 0.6) is 0 Å². The molecule has 29 nitrogen and oxygen atoms in total. The Morgan fingerprint density at radius 2 is 1.04 bits per heavy atom. The second kappa shape index (κ2) is 40.4. The molecule has 0 spiro atoms. The largest absolute Gasteiger partial charge is 0.391 e. The molecule has 1 aliphatic heterocycles. The lowest BCUT2D eigenvalue weighted by Gasteiger charge is -2.29. The van der Waals surface area contributed by atoms with E-state index in [1.807, 2.05) is 12.1 Å². The van der Waals surface area contributed by atoms with Crippen molar-refractivity contribution < 1.29 is 63.0 Å². The van der Waals surface area contributed by atoms with Crippen molar-refractivity contribution in [2.24, 2.45) is 34.6 Å². The molecule has 1 unspecified atom stereocenters. The molecule has 11 amide bonds. The molecule has 1 saturated heterocycles. The Bertz CT molecular complexity index is 2300. The van der Waals surface area contributed by atoms with Crippen molar-refractivity contribution in [1.82, 2.24) is 58.5 Å². The van der Waals surface area contributed by atoms with Crippen LogP contribution in [0.15, 0.2) is 30.3 Å². The minimum Gasteiger partial charge on any atom is -0.391 e. The normalized spacial score (nSPS) is 22.5. The molecule has 1 aromatic rings. The van der Waals surface area contributed by atoms with Crippen molar-refractivity contribution in [2.75, 3.05) is 39.3 Å². The van der Waals surface area contributed by atoms with Gasteiger partial charge in [-0.2, -0.15) is 0 Å². The highest BCUT2D eigenvalue weighted by Crippen LogP contribution is 2.12. The van der Waals surface area contributed by atoms with Crippen LogP contribution in [-0.2, 0) is 59.2 Å². The van der Waals surface area contributed by atoms with Gasteiger partial charge in [-0.15, -0.1) is 0 Å². The van der Waals surface area contributed by atoms with E-state index in [0.29, 0.717) is 6.42 Å². The fourth-order valence-corrected chi connectivity index (χ4v) is 9.19. The summed E-state index contributed by atoms with van der Waals surface area (Å²) in [4.78, 5) is 154. The Balaban J connectivity index is 2.66. The second-order valence-electron chi connectivity index (χ2n) is 21.8. The third-order valence-corrected chi connectivity index (χ3v) is 14.0. The zero-order chi connectivity index (χ0) is 63.6. The van der Waals surface area contributed by atoms with Gasteiger partial charge in [-0.05, 0) is 122 Å². The van der Waals surface area contributed by atoms with Crippen LogP contribution in [0.3, 0.4) is 0 Å². The average Bonchev–Trinajstić information content (AvgIpc) is 3.68. The van der Waals surface area contributed by atoms with E-state index in [1.54, 1.807) is 32.0 Å². The molecule has 0 saturated carbocycles. The molecule has 0 aromatic heterocycles. The molecule has 23 N–H and O–H groups in total. The lowest BCUT2D eigenvalue weighted by Crippen LogP contribution is -2.62. The summed E-state index contributed by atoms with van der Waals surface area (Å²) in [5.41, 5.74) is 30.2. The van der Waals surface area contributed by atoms with Gasteiger partial charge in [0.15, 0.2) is 0 Å². The first-order chi connectivity index (χ1) is 40.4. The highest BCUT2D eigenvalue weighted by molar-refractivity contribution is 5.99. The monoisotopic (exact) mass is 1200 g/mol. The molecular weight excluding hydrogens is 1100 g/mol. The second-order valence-corrected chi connectivity index (χ2v) is 21.8. The van der Waals surface area contributed by atoms with Crippen molar-refractivity contribution in [1.29, 1.82) is 0 Å². The first kappa shape index (κ1) is 74.2. The van der Waals surface area contributed by atoms with Crippen LogP contribution in [0.2, 0.25) is 0 Å². The number of carbonyl (C=O) groups excluding carboxylic acids is 11. The molecule has 1 heterocycles. The zero-order valence-electron chi connectivity index (χ0n) is 50.0. The number of nitrogens with one attached hydrogen (secondary N) is 11. The molecule has 0 bridgehead atoms.